The summed E-state index contributed by atoms with van der Waals surface area (Å²) in [5, 5.41) is 2.08. The van der Waals surface area contributed by atoms with Crippen LogP contribution in [0, 0.1) is 5.82 Å². The van der Waals surface area contributed by atoms with Crippen molar-refractivity contribution >= 4 is 21.7 Å². The van der Waals surface area contributed by atoms with Crippen LogP contribution in [-0.2, 0) is 21.3 Å². The molecule has 1 aromatic heterocycles. The van der Waals surface area contributed by atoms with E-state index in [2.05, 4.69) is 10.3 Å². The number of nitrogens with zero attached hydrogens (tertiary/aromatic N) is 3. The van der Waals surface area contributed by atoms with E-state index in [1.807, 2.05) is 0 Å². The lowest BCUT2D eigenvalue weighted by atomic mass is 9.99. The molecule has 2 amide bonds. The highest BCUT2D eigenvalue weighted by Gasteiger charge is 2.65. The van der Waals surface area contributed by atoms with Gasteiger partial charge >= 0.3 is 6.03 Å². The highest BCUT2D eigenvalue weighted by Crippen LogP contribution is 2.47. The van der Waals surface area contributed by atoms with Crippen LogP contribution in [0.3, 0.4) is 0 Å². The Balaban J connectivity index is 1.35. The highest BCUT2D eigenvalue weighted by molar-refractivity contribution is 7.90. The van der Waals surface area contributed by atoms with Gasteiger partial charge < -0.3 is 15.0 Å². The maximum atomic E-state index is 13.2. The lowest BCUT2D eigenvalue weighted by Crippen LogP contribution is -2.57. The first-order chi connectivity index (χ1) is 14.4. The number of ether oxygens (including phenoxy) is 1. The number of amides is 2. The van der Waals surface area contributed by atoms with E-state index in [4.69, 9.17) is 4.74 Å². The van der Waals surface area contributed by atoms with Crippen molar-refractivity contribution in [2.24, 2.45) is 0 Å². The van der Waals surface area contributed by atoms with Gasteiger partial charge in [-0.05, 0) is 48.4 Å². The molecule has 2 aromatic rings. The number of anilines is 1. The van der Waals surface area contributed by atoms with E-state index >= 15 is 0 Å². The zero-order valence-electron chi connectivity index (χ0n) is 16.1. The van der Waals surface area contributed by atoms with Crippen molar-refractivity contribution in [3.63, 3.8) is 0 Å². The Labute approximate surface area is 173 Å². The fourth-order valence-corrected chi connectivity index (χ4v) is 6.97. The second kappa shape index (κ2) is 7.00. The third kappa shape index (κ3) is 3.24. The van der Waals surface area contributed by atoms with Crippen molar-refractivity contribution in [3.05, 3.63) is 60.2 Å². The monoisotopic (exact) mass is 432 g/mol. The molecule has 3 saturated heterocycles. The largest absolute Gasteiger partial charge is 0.365 e. The Kier molecular flexibility index (Phi) is 4.53. The maximum absolute atomic E-state index is 13.2. The molecule has 0 unspecified atom stereocenters. The molecule has 3 aliphatic rings. The van der Waals surface area contributed by atoms with E-state index in [1.165, 1.54) is 28.6 Å². The van der Waals surface area contributed by atoms with Crippen molar-refractivity contribution < 1.29 is 22.3 Å². The molecular formula is C20H21FN4O4S. The number of pyridine rings is 1. The van der Waals surface area contributed by atoms with Crippen molar-refractivity contribution in [2.75, 3.05) is 25.0 Å². The van der Waals surface area contributed by atoms with Gasteiger partial charge in [0.2, 0.25) is 10.0 Å². The van der Waals surface area contributed by atoms with Crippen molar-refractivity contribution in [3.8, 4) is 0 Å². The molecule has 3 aliphatic heterocycles. The summed E-state index contributed by atoms with van der Waals surface area (Å²) in [5.41, 5.74) is 0.394. The number of carbonyl (C=O) groups excluding carboxylic acids is 1. The second-order valence-corrected chi connectivity index (χ2v) is 10.1. The standard InChI is InChI=1S/C20H21FN4O4S/c21-15-1-3-16(4-2-15)23-19(26)24-11-17-9-18-20(12-24,29-17)13-25(30(18,27)28)10-14-5-7-22-8-6-14/h1-8,17-18H,9-13H2,(H,23,26)/t17-,18+,20+/m1/s1. The van der Waals surface area contributed by atoms with Gasteiger partial charge in [0, 0.05) is 37.7 Å². The summed E-state index contributed by atoms with van der Waals surface area (Å²) in [5.74, 6) is -0.385. The highest BCUT2D eigenvalue weighted by atomic mass is 32.2. The number of carbonyl (C=O) groups is 1. The Bertz CT molecular complexity index is 1070. The summed E-state index contributed by atoms with van der Waals surface area (Å²) in [6.45, 7) is 0.969. The SMILES string of the molecule is O=C(Nc1ccc(F)cc1)N1C[C@H]2C[C@H]3[C@](C1)(CN(Cc1ccncc1)S3(=O)=O)O2. The Morgan fingerprint density at radius 2 is 1.93 bits per heavy atom. The lowest BCUT2D eigenvalue weighted by molar-refractivity contribution is -0.0946. The average molecular weight is 432 g/mol. The number of hydrogen-bond donors (Lipinski definition) is 1. The lowest BCUT2D eigenvalue weighted by Gasteiger charge is -2.39. The third-order valence-corrected chi connectivity index (χ3v) is 8.32. The summed E-state index contributed by atoms with van der Waals surface area (Å²) < 4.78 is 47.1. The molecular weight excluding hydrogens is 411 g/mol. The number of fused-ring (bicyclic) bond motifs is 1. The van der Waals surface area contributed by atoms with Crippen LogP contribution in [0.25, 0.3) is 0 Å². The number of likely N-dealkylation sites (tertiary alicyclic amines) is 1. The first-order valence-corrected chi connectivity index (χ1v) is 11.2. The predicted molar refractivity (Wildman–Crippen MR) is 107 cm³/mol. The number of morpholine rings is 1. The van der Waals surface area contributed by atoms with Gasteiger partial charge in [-0.2, -0.15) is 4.31 Å². The molecule has 4 heterocycles. The second-order valence-electron chi connectivity index (χ2n) is 8.02. The molecule has 5 rings (SSSR count). The predicted octanol–water partition coefficient (Wildman–Crippen LogP) is 1.81. The van der Waals surface area contributed by atoms with Crippen LogP contribution in [0.15, 0.2) is 48.8 Å². The molecule has 158 valence electrons. The molecule has 0 saturated carbocycles. The Hall–Kier alpha value is -2.56. The van der Waals surface area contributed by atoms with Crippen LogP contribution in [0.1, 0.15) is 12.0 Å². The van der Waals surface area contributed by atoms with Gasteiger partial charge in [-0.15, -0.1) is 0 Å². The zero-order chi connectivity index (χ0) is 20.9. The van der Waals surface area contributed by atoms with E-state index in [1.54, 1.807) is 29.4 Å². The molecule has 3 fully saturated rings. The summed E-state index contributed by atoms with van der Waals surface area (Å²) in [7, 11) is -3.55. The van der Waals surface area contributed by atoms with Gasteiger partial charge in [0.15, 0.2) is 0 Å². The number of aromatic nitrogens is 1. The van der Waals surface area contributed by atoms with Crippen LogP contribution in [0.4, 0.5) is 14.9 Å². The third-order valence-electron chi connectivity index (χ3n) is 6.00. The molecule has 8 nitrogen and oxygen atoms in total. The van der Waals surface area contributed by atoms with Gasteiger partial charge in [-0.3, -0.25) is 4.98 Å². The molecule has 10 heteroatoms. The normalized spacial score (nSPS) is 29.6. The average Bonchev–Trinajstić information content (AvgIpc) is 3.09. The number of halogens is 1. The van der Waals surface area contributed by atoms with E-state index in [0.29, 0.717) is 18.7 Å². The van der Waals surface area contributed by atoms with E-state index in [9.17, 15) is 17.6 Å². The molecule has 2 bridgehead atoms. The molecule has 3 atom stereocenters. The van der Waals surface area contributed by atoms with Crippen LogP contribution in [-0.4, -0.2) is 65.2 Å². The van der Waals surface area contributed by atoms with Crippen LogP contribution in [0.2, 0.25) is 0 Å². The number of benzene rings is 1. The number of rotatable bonds is 3. The summed E-state index contributed by atoms with van der Waals surface area (Å²) >= 11 is 0. The molecule has 1 N–H and O–H groups in total. The van der Waals surface area contributed by atoms with E-state index in [0.717, 1.165) is 5.56 Å². The van der Waals surface area contributed by atoms with Crippen molar-refractivity contribution in [1.82, 2.24) is 14.2 Å². The fraction of sp³-hybridized carbons (Fsp3) is 0.400. The topological polar surface area (TPSA) is 91.8 Å². The first kappa shape index (κ1) is 19.4. The van der Waals surface area contributed by atoms with Crippen LogP contribution in [0.5, 0.6) is 0 Å². The van der Waals surface area contributed by atoms with Crippen LogP contribution >= 0.6 is 0 Å². The zero-order valence-corrected chi connectivity index (χ0v) is 16.9. The quantitative estimate of drug-likeness (QED) is 0.799. The molecule has 1 spiro atoms. The molecule has 0 aliphatic carbocycles. The molecule has 1 aromatic carbocycles. The Morgan fingerprint density at radius 1 is 1.20 bits per heavy atom. The van der Waals surface area contributed by atoms with Gasteiger partial charge in [-0.25, -0.2) is 17.6 Å². The summed E-state index contributed by atoms with van der Waals surface area (Å²) in [6, 6.07) is 8.74. The smallest absolute Gasteiger partial charge is 0.322 e. The minimum absolute atomic E-state index is 0.188. The first-order valence-electron chi connectivity index (χ1n) is 9.73. The van der Waals surface area contributed by atoms with E-state index in [-0.39, 0.29) is 37.6 Å². The minimum atomic E-state index is -3.55. The van der Waals surface area contributed by atoms with Gasteiger partial charge in [0.05, 0.1) is 12.6 Å². The van der Waals surface area contributed by atoms with Crippen LogP contribution < -0.4 is 5.32 Å². The van der Waals surface area contributed by atoms with Crippen molar-refractivity contribution in [2.45, 2.75) is 29.9 Å². The fourth-order valence-electron chi connectivity index (χ4n) is 4.67. The number of urea groups is 1. The number of sulfonamides is 1. The number of hydrogen-bond acceptors (Lipinski definition) is 5. The maximum Gasteiger partial charge on any atom is 0.322 e. The van der Waals surface area contributed by atoms with Gasteiger partial charge in [0.25, 0.3) is 0 Å². The van der Waals surface area contributed by atoms with Gasteiger partial charge in [0.1, 0.15) is 16.7 Å². The van der Waals surface area contributed by atoms with E-state index < -0.39 is 20.9 Å². The summed E-state index contributed by atoms with van der Waals surface area (Å²) in [4.78, 5) is 18.4. The molecule has 30 heavy (non-hydrogen) atoms. The number of nitrogens with one attached hydrogen (secondary N) is 1. The minimum Gasteiger partial charge on any atom is -0.365 e. The van der Waals surface area contributed by atoms with Gasteiger partial charge in [-0.1, -0.05) is 0 Å². The Morgan fingerprint density at radius 3 is 2.67 bits per heavy atom. The molecule has 0 radical (unpaired) electrons. The van der Waals surface area contributed by atoms with Crippen molar-refractivity contribution in [1.29, 1.82) is 0 Å². The summed E-state index contributed by atoms with van der Waals surface area (Å²) in [6.07, 6.45) is 3.31.